The summed E-state index contributed by atoms with van der Waals surface area (Å²) in [6.07, 6.45) is 6.86. The maximum absolute atomic E-state index is 11.9. The Labute approximate surface area is 108 Å². The van der Waals surface area contributed by atoms with Gasteiger partial charge < -0.3 is 10.1 Å². The van der Waals surface area contributed by atoms with Crippen LogP contribution < -0.4 is 5.32 Å². The van der Waals surface area contributed by atoms with Crippen molar-refractivity contribution in [2.75, 3.05) is 7.11 Å². The minimum Gasteiger partial charge on any atom is -0.469 e. The zero-order valence-electron chi connectivity index (χ0n) is 10.9. The summed E-state index contributed by atoms with van der Waals surface area (Å²) in [6, 6.07) is 0.271. The maximum Gasteiger partial charge on any atom is 0.309 e. The molecular formula is C14H21NO3. The largest absolute Gasteiger partial charge is 0.469 e. The van der Waals surface area contributed by atoms with Crippen LogP contribution in [-0.4, -0.2) is 25.0 Å². The van der Waals surface area contributed by atoms with Crippen LogP contribution in [0.4, 0.5) is 0 Å². The van der Waals surface area contributed by atoms with Crippen molar-refractivity contribution in [2.45, 2.75) is 38.1 Å². The summed E-state index contributed by atoms with van der Waals surface area (Å²) < 4.78 is 4.64. The Morgan fingerprint density at radius 1 is 1.22 bits per heavy atom. The van der Waals surface area contributed by atoms with Crippen LogP contribution in [0.5, 0.6) is 0 Å². The predicted octanol–water partition coefficient (Wildman–Crippen LogP) is 1.66. The molecule has 1 unspecified atom stereocenters. The number of hydrogen-bond donors (Lipinski definition) is 1. The molecule has 2 atom stereocenters. The summed E-state index contributed by atoms with van der Waals surface area (Å²) in [5.74, 6) is -0.00560. The summed E-state index contributed by atoms with van der Waals surface area (Å²) in [7, 11) is 1.37. The van der Waals surface area contributed by atoms with E-state index in [0.29, 0.717) is 12.3 Å². The molecule has 2 rings (SSSR count). The Kier molecular flexibility index (Phi) is 4.04. The smallest absolute Gasteiger partial charge is 0.309 e. The minimum atomic E-state index is -0.259. The van der Waals surface area contributed by atoms with E-state index in [2.05, 4.69) is 16.6 Å². The van der Waals surface area contributed by atoms with E-state index in [1.807, 2.05) is 6.08 Å². The zero-order valence-corrected chi connectivity index (χ0v) is 10.9. The average Bonchev–Trinajstić information content (AvgIpc) is 3.19. The van der Waals surface area contributed by atoms with Gasteiger partial charge in [-0.05, 0) is 38.0 Å². The maximum atomic E-state index is 11.9. The number of amides is 1. The number of allylic oxidation sites excluding steroid dienone is 1. The molecule has 0 radical (unpaired) electrons. The summed E-state index contributed by atoms with van der Waals surface area (Å²) in [6.45, 7) is 3.81. The molecule has 0 spiro atoms. The van der Waals surface area contributed by atoms with Crippen molar-refractivity contribution in [3.8, 4) is 0 Å². The van der Waals surface area contributed by atoms with E-state index in [1.54, 1.807) is 0 Å². The fourth-order valence-electron chi connectivity index (χ4n) is 2.70. The Bertz CT molecular complexity index is 345. The highest BCUT2D eigenvalue weighted by atomic mass is 16.5. The van der Waals surface area contributed by atoms with Gasteiger partial charge in [0.1, 0.15) is 0 Å². The Morgan fingerprint density at radius 2 is 1.89 bits per heavy atom. The summed E-state index contributed by atoms with van der Waals surface area (Å²) in [4.78, 5) is 23.2. The fraction of sp³-hybridized carbons (Fsp3) is 0.714. The van der Waals surface area contributed by atoms with Gasteiger partial charge in [-0.1, -0.05) is 6.08 Å². The molecule has 0 aromatic rings. The molecule has 0 bridgehead atoms. The first-order chi connectivity index (χ1) is 8.65. The van der Waals surface area contributed by atoms with Gasteiger partial charge in [-0.25, -0.2) is 0 Å². The molecule has 2 aliphatic carbocycles. The first kappa shape index (κ1) is 13.1. The lowest BCUT2D eigenvalue weighted by Gasteiger charge is -2.27. The van der Waals surface area contributed by atoms with Gasteiger partial charge in [0, 0.05) is 6.04 Å². The fourth-order valence-corrected chi connectivity index (χ4v) is 2.70. The third kappa shape index (κ3) is 2.92. The molecule has 2 fully saturated rings. The molecule has 0 heterocycles. The highest BCUT2D eigenvalue weighted by Crippen LogP contribution is 2.39. The van der Waals surface area contributed by atoms with Crippen molar-refractivity contribution >= 4 is 11.9 Å². The molecule has 1 N–H and O–H groups in total. The van der Waals surface area contributed by atoms with Crippen LogP contribution in [0.1, 0.15) is 32.1 Å². The van der Waals surface area contributed by atoms with Crippen molar-refractivity contribution in [2.24, 2.45) is 17.8 Å². The van der Waals surface area contributed by atoms with Crippen molar-refractivity contribution in [3.63, 3.8) is 0 Å². The lowest BCUT2D eigenvalue weighted by molar-refractivity contribution is -0.143. The first-order valence-electron chi connectivity index (χ1n) is 6.66. The molecule has 1 amide bonds. The van der Waals surface area contributed by atoms with Crippen LogP contribution in [-0.2, 0) is 14.3 Å². The third-order valence-electron chi connectivity index (χ3n) is 4.08. The number of rotatable bonds is 4. The highest BCUT2D eigenvalue weighted by molar-refractivity contribution is 5.90. The van der Waals surface area contributed by atoms with E-state index in [9.17, 15) is 9.59 Å². The monoisotopic (exact) mass is 251 g/mol. The van der Waals surface area contributed by atoms with Gasteiger partial charge in [-0.2, -0.15) is 0 Å². The topological polar surface area (TPSA) is 55.4 Å². The van der Waals surface area contributed by atoms with Crippen LogP contribution in [0.25, 0.3) is 0 Å². The Balaban J connectivity index is 1.73. The second kappa shape index (κ2) is 5.55. The molecular weight excluding hydrogens is 230 g/mol. The van der Waals surface area contributed by atoms with Gasteiger partial charge in [-0.15, -0.1) is 6.58 Å². The Morgan fingerprint density at radius 3 is 2.44 bits per heavy atom. The van der Waals surface area contributed by atoms with Gasteiger partial charge in [0.15, 0.2) is 0 Å². The third-order valence-corrected chi connectivity index (χ3v) is 4.08. The van der Waals surface area contributed by atoms with E-state index < -0.39 is 0 Å². The van der Waals surface area contributed by atoms with Gasteiger partial charge >= 0.3 is 5.97 Å². The number of esters is 1. The van der Waals surface area contributed by atoms with Gasteiger partial charge in [-0.3, -0.25) is 9.59 Å². The van der Waals surface area contributed by atoms with Crippen molar-refractivity contribution in [3.05, 3.63) is 12.7 Å². The van der Waals surface area contributed by atoms with Crippen LogP contribution in [0.3, 0.4) is 0 Å². The number of carbonyl (C=O) groups is 2. The molecule has 0 saturated heterocycles. The second-order valence-corrected chi connectivity index (χ2v) is 5.33. The van der Waals surface area contributed by atoms with E-state index in [-0.39, 0.29) is 29.8 Å². The van der Waals surface area contributed by atoms with Crippen molar-refractivity contribution < 1.29 is 14.3 Å². The number of ether oxygens (including phenoxy) is 1. The molecule has 4 heteroatoms. The number of methoxy groups -OCH3 is 1. The lowest BCUT2D eigenvalue weighted by Crippen LogP contribution is -2.38. The zero-order chi connectivity index (χ0) is 13.1. The first-order valence-corrected chi connectivity index (χ1v) is 6.66. The summed E-state index contributed by atoms with van der Waals surface area (Å²) in [5, 5.41) is 3.05. The number of carbonyl (C=O) groups excluding carboxylic acids is 2. The van der Waals surface area contributed by atoms with E-state index in [4.69, 9.17) is 0 Å². The van der Waals surface area contributed by atoms with Crippen molar-refractivity contribution in [1.82, 2.24) is 5.32 Å². The predicted molar refractivity (Wildman–Crippen MR) is 67.7 cm³/mol. The molecule has 0 aliphatic heterocycles. The van der Waals surface area contributed by atoms with Crippen LogP contribution >= 0.6 is 0 Å². The van der Waals surface area contributed by atoms with E-state index >= 15 is 0 Å². The summed E-state index contributed by atoms with van der Waals surface area (Å²) in [5.41, 5.74) is 0. The average molecular weight is 251 g/mol. The molecule has 100 valence electrons. The van der Waals surface area contributed by atoms with Gasteiger partial charge in [0.05, 0.1) is 18.9 Å². The van der Waals surface area contributed by atoms with Crippen LogP contribution in [0, 0.1) is 17.8 Å². The molecule has 0 aromatic carbocycles. The summed E-state index contributed by atoms with van der Waals surface area (Å²) >= 11 is 0. The Hall–Kier alpha value is -1.32. The highest BCUT2D eigenvalue weighted by Gasteiger charge is 2.49. The quantitative estimate of drug-likeness (QED) is 0.610. The standard InChI is InChI=1S/C14H21NO3/c1-3-9-4-6-10(7-5-9)15-13(16)11-8-12(11)14(17)18-2/h3,9-12H,1,4-8H2,2H3,(H,15,16)/t9?,10?,11-,12?/m0/s1. The van der Waals surface area contributed by atoms with E-state index in [0.717, 1.165) is 25.7 Å². The number of hydrogen-bond acceptors (Lipinski definition) is 3. The lowest BCUT2D eigenvalue weighted by atomic mass is 9.86. The molecule has 4 nitrogen and oxygen atoms in total. The second-order valence-electron chi connectivity index (χ2n) is 5.33. The molecule has 2 saturated carbocycles. The normalized spacial score (nSPS) is 34.5. The number of nitrogens with one attached hydrogen (secondary N) is 1. The minimum absolute atomic E-state index is 0.0208. The van der Waals surface area contributed by atoms with E-state index in [1.165, 1.54) is 7.11 Å². The van der Waals surface area contributed by atoms with Crippen LogP contribution in [0.15, 0.2) is 12.7 Å². The van der Waals surface area contributed by atoms with Gasteiger partial charge in [0.25, 0.3) is 0 Å². The van der Waals surface area contributed by atoms with Gasteiger partial charge in [0.2, 0.25) is 5.91 Å². The molecule has 18 heavy (non-hydrogen) atoms. The molecule has 0 aromatic heterocycles. The van der Waals surface area contributed by atoms with Crippen molar-refractivity contribution in [1.29, 1.82) is 0 Å². The molecule has 2 aliphatic rings. The SMILES string of the molecule is C=CC1CCC(NC(=O)[C@H]2CC2C(=O)OC)CC1. The van der Waals surface area contributed by atoms with Crippen LogP contribution in [0.2, 0.25) is 0 Å².